The van der Waals surface area contributed by atoms with Crippen LogP contribution in [0.4, 0.5) is 4.39 Å². The molecule has 2 nitrogen and oxygen atoms in total. The Morgan fingerprint density at radius 2 is 1.90 bits per heavy atom. The van der Waals surface area contributed by atoms with Crippen LogP contribution in [0.5, 0.6) is 5.75 Å². The molecule has 1 spiro atoms. The third kappa shape index (κ3) is 2.80. The van der Waals surface area contributed by atoms with Crippen molar-refractivity contribution in [1.82, 2.24) is 0 Å². The molecule has 1 aliphatic carbocycles. The van der Waals surface area contributed by atoms with Crippen LogP contribution in [-0.2, 0) is 0 Å². The summed E-state index contributed by atoms with van der Waals surface area (Å²) < 4.78 is 19.7. The minimum absolute atomic E-state index is 0.115. The molecular formula is C18H26FNO. The van der Waals surface area contributed by atoms with E-state index in [9.17, 15) is 4.39 Å². The number of ether oxygens (including phenoxy) is 1. The second-order valence-corrected chi connectivity index (χ2v) is 7.92. The summed E-state index contributed by atoms with van der Waals surface area (Å²) in [6.45, 7) is 6.96. The van der Waals surface area contributed by atoms with Crippen LogP contribution in [0.2, 0.25) is 0 Å². The van der Waals surface area contributed by atoms with Gasteiger partial charge in [-0.25, -0.2) is 4.39 Å². The van der Waals surface area contributed by atoms with Crippen LogP contribution in [0.25, 0.3) is 0 Å². The fraction of sp³-hybridized carbons (Fsp3) is 0.667. The minimum atomic E-state index is -0.236. The van der Waals surface area contributed by atoms with Crippen LogP contribution >= 0.6 is 0 Å². The maximum absolute atomic E-state index is 13.4. The van der Waals surface area contributed by atoms with Crippen molar-refractivity contribution in [2.24, 2.45) is 17.1 Å². The van der Waals surface area contributed by atoms with E-state index in [1.165, 1.54) is 25.0 Å². The third-order valence-electron chi connectivity index (χ3n) is 5.41. The minimum Gasteiger partial charge on any atom is -0.487 e. The zero-order valence-electron chi connectivity index (χ0n) is 13.3. The lowest BCUT2D eigenvalue weighted by Gasteiger charge is -2.47. The Kier molecular flexibility index (Phi) is 3.52. The van der Waals surface area contributed by atoms with Gasteiger partial charge in [0.1, 0.15) is 17.2 Å². The standard InChI is InChI=1S/C18H26FNO/c1-17(2,3)12-6-8-18(9-7-12)11-15(20)14-10-13(19)4-5-16(14)21-18/h4-5,10,12,15H,6-9,11,20H2,1-3H3. The van der Waals surface area contributed by atoms with Crippen LogP contribution in [-0.4, -0.2) is 5.60 Å². The predicted molar refractivity (Wildman–Crippen MR) is 82.7 cm³/mol. The third-order valence-corrected chi connectivity index (χ3v) is 5.41. The highest BCUT2D eigenvalue weighted by atomic mass is 19.1. The maximum Gasteiger partial charge on any atom is 0.125 e. The van der Waals surface area contributed by atoms with Gasteiger partial charge in [-0.15, -0.1) is 0 Å². The molecule has 0 radical (unpaired) electrons. The predicted octanol–water partition coefficient (Wildman–Crippen LogP) is 4.58. The van der Waals surface area contributed by atoms with Crippen molar-refractivity contribution >= 4 is 0 Å². The van der Waals surface area contributed by atoms with E-state index < -0.39 is 0 Å². The van der Waals surface area contributed by atoms with Gasteiger partial charge in [0.15, 0.2) is 0 Å². The van der Waals surface area contributed by atoms with Gasteiger partial charge < -0.3 is 10.5 Å². The zero-order valence-corrected chi connectivity index (χ0v) is 13.3. The number of hydrogen-bond donors (Lipinski definition) is 1. The number of hydrogen-bond acceptors (Lipinski definition) is 2. The maximum atomic E-state index is 13.4. The normalized spacial score (nSPS) is 32.6. The largest absolute Gasteiger partial charge is 0.487 e. The van der Waals surface area contributed by atoms with Crippen LogP contribution < -0.4 is 10.5 Å². The lowest BCUT2D eigenvalue weighted by molar-refractivity contribution is -0.0255. The van der Waals surface area contributed by atoms with E-state index in [1.54, 1.807) is 6.07 Å². The molecule has 0 aromatic heterocycles. The lowest BCUT2D eigenvalue weighted by Crippen LogP contribution is -2.46. The Balaban J connectivity index is 1.79. The summed E-state index contributed by atoms with van der Waals surface area (Å²) in [5.74, 6) is 1.29. The summed E-state index contributed by atoms with van der Waals surface area (Å²) in [5.41, 5.74) is 7.34. The molecule has 2 N–H and O–H groups in total. The molecule has 2 aliphatic rings. The SMILES string of the molecule is CC(C)(C)C1CCC2(CC1)CC(N)c1cc(F)ccc1O2. The van der Waals surface area contributed by atoms with Gasteiger partial charge >= 0.3 is 0 Å². The number of rotatable bonds is 0. The van der Waals surface area contributed by atoms with Crippen LogP contribution in [0.1, 0.15) is 64.5 Å². The van der Waals surface area contributed by atoms with E-state index in [1.807, 2.05) is 0 Å². The van der Waals surface area contributed by atoms with Crippen molar-refractivity contribution in [1.29, 1.82) is 0 Å². The molecule has 1 unspecified atom stereocenters. The Morgan fingerprint density at radius 3 is 2.52 bits per heavy atom. The van der Waals surface area contributed by atoms with Gasteiger partial charge in [-0.2, -0.15) is 0 Å². The van der Waals surface area contributed by atoms with Crippen LogP contribution in [0.3, 0.4) is 0 Å². The summed E-state index contributed by atoms with van der Waals surface area (Å²) in [5, 5.41) is 0. The zero-order chi connectivity index (χ0) is 15.3. The Hall–Kier alpha value is -1.09. The number of fused-ring (bicyclic) bond motifs is 1. The molecule has 3 rings (SSSR count). The molecule has 1 aromatic rings. The number of halogens is 1. The van der Waals surface area contributed by atoms with Crippen molar-refractivity contribution in [2.45, 2.75) is 64.5 Å². The highest BCUT2D eigenvalue weighted by molar-refractivity contribution is 5.39. The summed E-state index contributed by atoms with van der Waals surface area (Å²) >= 11 is 0. The van der Waals surface area contributed by atoms with E-state index in [0.29, 0.717) is 5.41 Å². The van der Waals surface area contributed by atoms with Gasteiger partial charge in [-0.3, -0.25) is 0 Å². The Morgan fingerprint density at radius 1 is 1.24 bits per heavy atom. The quantitative estimate of drug-likeness (QED) is 0.759. The molecule has 3 heteroatoms. The second kappa shape index (κ2) is 4.98. The first-order valence-corrected chi connectivity index (χ1v) is 8.03. The first-order chi connectivity index (χ1) is 9.79. The van der Waals surface area contributed by atoms with Crippen LogP contribution in [0, 0.1) is 17.2 Å². The monoisotopic (exact) mass is 291 g/mol. The second-order valence-electron chi connectivity index (χ2n) is 7.92. The first-order valence-electron chi connectivity index (χ1n) is 8.03. The van der Waals surface area contributed by atoms with E-state index in [4.69, 9.17) is 10.5 Å². The molecule has 1 heterocycles. The van der Waals surface area contributed by atoms with Gasteiger partial charge in [0, 0.05) is 18.0 Å². The summed E-state index contributed by atoms with van der Waals surface area (Å²) in [7, 11) is 0. The van der Waals surface area contributed by atoms with Gasteiger partial charge in [-0.1, -0.05) is 20.8 Å². The smallest absolute Gasteiger partial charge is 0.125 e. The fourth-order valence-corrected chi connectivity index (χ4v) is 4.00. The molecule has 0 amide bonds. The van der Waals surface area contributed by atoms with Crippen molar-refractivity contribution in [3.8, 4) is 5.75 Å². The number of nitrogens with two attached hydrogens (primary N) is 1. The Bertz CT molecular complexity index is 527. The number of benzene rings is 1. The van der Waals surface area contributed by atoms with Gasteiger partial charge in [-0.05, 0) is 55.2 Å². The highest BCUT2D eigenvalue weighted by Crippen LogP contribution is 2.49. The van der Waals surface area contributed by atoms with E-state index in [2.05, 4.69) is 20.8 Å². The van der Waals surface area contributed by atoms with E-state index >= 15 is 0 Å². The highest BCUT2D eigenvalue weighted by Gasteiger charge is 2.44. The molecule has 0 saturated heterocycles. The summed E-state index contributed by atoms with van der Waals surface area (Å²) in [6, 6.07) is 4.61. The van der Waals surface area contributed by atoms with Crippen LogP contribution in [0.15, 0.2) is 18.2 Å². The van der Waals surface area contributed by atoms with Crippen molar-refractivity contribution in [2.75, 3.05) is 0 Å². The van der Waals surface area contributed by atoms with Crippen molar-refractivity contribution in [3.63, 3.8) is 0 Å². The molecule has 1 aromatic carbocycles. The molecular weight excluding hydrogens is 265 g/mol. The molecule has 0 bridgehead atoms. The molecule has 1 aliphatic heterocycles. The average Bonchev–Trinajstić information content (AvgIpc) is 2.39. The molecule has 1 fully saturated rings. The average molecular weight is 291 g/mol. The molecule has 116 valence electrons. The van der Waals surface area contributed by atoms with Gasteiger partial charge in [0.2, 0.25) is 0 Å². The topological polar surface area (TPSA) is 35.2 Å². The first kappa shape index (κ1) is 14.8. The summed E-state index contributed by atoms with van der Waals surface area (Å²) in [6.07, 6.45) is 5.29. The van der Waals surface area contributed by atoms with E-state index in [-0.39, 0.29) is 17.5 Å². The van der Waals surface area contributed by atoms with E-state index in [0.717, 1.165) is 36.5 Å². The molecule has 1 saturated carbocycles. The van der Waals surface area contributed by atoms with Gasteiger partial charge in [0.25, 0.3) is 0 Å². The molecule has 1 atom stereocenters. The summed E-state index contributed by atoms with van der Waals surface area (Å²) in [4.78, 5) is 0. The van der Waals surface area contributed by atoms with Crippen molar-refractivity contribution in [3.05, 3.63) is 29.6 Å². The Labute approximate surface area is 126 Å². The van der Waals surface area contributed by atoms with Crippen molar-refractivity contribution < 1.29 is 9.13 Å². The molecule has 21 heavy (non-hydrogen) atoms. The lowest BCUT2D eigenvalue weighted by atomic mass is 9.66. The van der Waals surface area contributed by atoms with Gasteiger partial charge in [0.05, 0.1) is 0 Å². The fourth-order valence-electron chi connectivity index (χ4n) is 4.00.